The summed E-state index contributed by atoms with van der Waals surface area (Å²) in [5.74, 6) is -1.49. The fourth-order valence-electron chi connectivity index (χ4n) is 3.37. The number of piperidine rings is 1. The first-order chi connectivity index (χ1) is 12.7. The van der Waals surface area contributed by atoms with Crippen molar-refractivity contribution < 1.29 is 19.1 Å². The Morgan fingerprint density at radius 2 is 1.74 bits per heavy atom. The third-order valence-corrected chi connectivity index (χ3v) is 4.96. The van der Waals surface area contributed by atoms with Crippen molar-refractivity contribution in [2.24, 2.45) is 5.92 Å². The fraction of sp³-hybridized carbons (Fsp3) is 0.571. The van der Waals surface area contributed by atoms with E-state index in [2.05, 4.69) is 20.8 Å². The van der Waals surface area contributed by atoms with Crippen LogP contribution in [0.25, 0.3) is 0 Å². The van der Waals surface area contributed by atoms with Gasteiger partial charge in [-0.05, 0) is 36.8 Å². The topological polar surface area (TPSA) is 66.9 Å². The number of likely N-dealkylation sites (tertiary alicyclic amines) is 1. The molecule has 1 aromatic carbocycles. The van der Waals surface area contributed by atoms with Crippen LogP contribution in [0.15, 0.2) is 24.3 Å². The zero-order chi connectivity index (χ0) is 20.2. The number of hydrogen-bond acceptors (Lipinski definition) is 4. The smallest absolute Gasteiger partial charge is 0.316 e. The third-order valence-electron chi connectivity index (χ3n) is 4.96. The molecular weight excluding hydrogens is 344 g/mol. The molecule has 0 aliphatic carbocycles. The number of ether oxygens (including phenoxy) is 1. The second-order valence-corrected chi connectivity index (χ2v) is 7.95. The lowest BCUT2D eigenvalue weighted by Crippen LogP contribution is -2.48. The van der Waals surface area contributed by atoms with Gasteiger partial charge in [0, 0.05) is 25.8 Å². The monoisotopic (exact) mass is 374 g/mol. The maximum Gasteiger partial charge on any atom is 0.316 e. The number of nitrogens with zero attached hydrogens (tertiary/aromatic N) is 2. The van der Waals surface area contributed by atoms with Crippen LogP contribution in [0.5, 0.6) is 0 Å². The molecule has 0 bridgehead atoms. The number of hydrogen-bond donors (Lipinski definition) is 0. The maximum atomic E-state index is 12.8. The van der Waals surface area contributed by atoms with Crippen molar-refractivity contribution in [2.45, 2.75) is 46.0 Å². The number of esters is 1. The second-order valence-electron chi connectivity index (χ2n) is 7.95. The normalized spacial score (nSPS) is 15.4. The number of anilines is 1. The second kappa shape index (κ2) is 8.55. The molecule has 2 amide bonds. The van der Waals surface area contributed by atoms with Gasteiger partial charge in [0.1, 0.15) is 0 Å². The summed E-state index contributed by atoms with van der Waals surface area (Å²) in [4.78, 5) is 40.3. The molecule has 0 N–H and O–H groups in total. The highest BCUT2D eigenvalue weighted by Gasteiger charge is 2.33. The summed E-state index contributed by atoms with van der Waals surface area (Å²) in [5.41, 5.74) is 1.60. The van der Waals surface area contributed by atoms with E-state index in [1.807, 2.05) is 24.3 Å². The minimum absolute atomic E-state index is 0.147. The summed E-state index contributed by atoms with van der Waals surface area (Å²) in [6.07, 6.45) is 1.06. The Kier molecular flexibility index (Phi) is 6.63. The lowest BCUT2D eigenvalue weighted by molar-refractivity contribution is -0.152. The van der Waals surface area contributed by atoms with Crippen molar-refractivity contribution in [2.75, 3.05) is 31.6 Å². The van der Waals surface area contributed by atoms with E-state index in [-0.39, 0.29) is 17.3 Å². The zero-order valence-corrected chi connectivity index (χ0v) is 16.9. The highest BCUT2D eigenvalue weighted by molar-refractivity contribution is 6.40. The molecule has 0 unspecified atom stereocenters. The molecule has 6 nitrogen and oxygen atoms in total. The van der Waals surface area contributed by atoms with Gasteiger partial charge >= 0.3 is 17.8 Å². The highest BCUT2D eigenvalue weighted by atomic mass is 16.5. The lowest BCUT2D eigenvalue weighted by atomic mass is 9.85. The van der Waals surface area contributed by atoms with Crippen LogP contribution in [0.2, 0.25) is 0 Å². The summed E-state index contributed by atoms with van der Waals surface area (Å²) >= 11 is 0. The van der Waals surface area contributed by atoms with Crippen LogP contribution in [0.4, 0.5) is 5.69 Å². The summed E-state index contributed by atoms with van der Waals surface area (Å²) in [5, 5.41) is 0. The Morgan fingerprint density at radius 3 is 2.30 bits per heavy atom. The van der Waals surface area contributed by atoms with Crippen molar-refractivity contribution in [1.82, 2.24) is 4.90 Å². The molecule has 0 radical (unpaired) electrons. The molecule has 1 heterocycles. The molecule has 27 heavy (non-hydrogen) atoms. The molecule has 148 valence electrons. The van der Waals surface area contributed by atoms with Gasteiger partial charge in [0.15, 0.2) is 0 Å². The first kappa shape index (κ1) is 20.9. The standard InChI is InChI=1S/C21H30N2O4/c1-6-27-20(26)15-11-13-23(14-12-15)19(25)18(24)22(5)17-10-8-7-9-16(17)21(2,3)4/h7-10,15H,6,11-14H2,1-5H3. The maximum absolute atomic E-state index is 12.8. The average Bonchev–Trinajstić information content (AvgIpc) is 2.66. The van der Waals surface area contributed by atoms with Crippen LogP contribution in [0, 0.1) is 5.92 Å². The van der Waals surface area contributed by atoms with Gasteiger partial charge in [-0.2, -0.15) is 0 Å². The molecule has 0 spiro atoms. The molecule has 1 aromatic rings. The molecule has 6 heteroatoms. The van der Waals surface area contributed by atoms with Gasteiger partial charge in [-0.1, -0.05) is 39.0 Å². The van der Waals surface area contributed by atoms with Gasteiger partial charge in [0.25, 0.3) is 0 Å². The molecule has 1 aliphatic heterocycles. The first-order valence-corrected chi connectivity index (χ1v) is 9.50. The summed E-state index contributed by atoms with van der Waals surface area (Å²) in [7, 11) is 1.64. The van der Waals surface area contributed by atoms with Gasteiger partial charge in [-0.15, -0.1) is 0 Å². The Labute approximate surface area is 161 Å². The van der Waals surface area contributed by atoms with Crippen molar-refractivity contribution in [3.8, 4) is 0 Å². The van der Waals surface area contributed by atoms with E-state index < -0.39 is 11.8 Å². The van der Waals surface area contributed by atoms with Crippen LogP contribution in [0.3, 0.4) is 0 Å². The van der Waals surface area contributed by atoms with E-state index >= 15 is 0 Å². The molecule has 1 aliphatic rings. The van der Waals surface area contributed by atoms with Crippen molar-refractivity contribution in [3.63, 3.8) is 0 Å². The number of likely N-dealkylation sites (N-methyl/N-ethyl adjacent to an activating group) is 1. The predicted molar refractivity (Wildman–Crippen MR) is 104 cm³/mol. The van der Waals surface area contributed by atoms with Crippen LogP contribution in [0.1, 0.15) is 46.1 Å². The zero-order valence-electron chi connectivity index (χ0n) is 16.9. The first-order valence-electron chi connectivity index (χ1n) is 9.50. The summed E-state index contributed by atoms with van der Waals surface area (Å²) in [6.45, 7) is 9.14. The predicted octanol–water partition coefficient (Wildman–Crippen LogP) is 2.75. The molecule has 1 saturated heterocycles. The lowest BCUT2D eigenvalue weighted by Gasteiger charge is -2.32. The highest BCUT2D eigenvalue weighted by Crippen LogP contribution is 2.31. The van der Waals surface area contributed by atoms with E-state index in [4.69, 9.17) is 4.74 Å². The van der Waals surface area contributed by atoms with E-state index in [1.54, 1.807) is 14.0 Å². The molecule has 2 rings (SSSR count). The van der Waals surface area contributed by atoms with Gasteiger partial charge < -0.3 is 14.5 Å². The van der Waals surface area contributed by atoms with Gasteiger partial charge in [-0.25, -0.2) is 0 Å². The number of rotatable bonds is 3. The Bertz CT molecular complexity index is 700. The van der Waals surface area contributed by atoms with Crippen molar-refractivity contribution in [1.29, 1.82) is 0 Å². The molecular formula is C21H30N2O4. The third kappa shape index (κ3) is 4.87. The Balaban J connectivity index is 2.06. The van der Waals surface area contributed by atoms with E-state index in [0.29, 0.717) is 32.5 Å². The van der Waals surface area contributed by atoms with E-state index in [0.717, 1.165) is 11.3 Å². The SMILES string of the molecule is CCOC(=O)C1CCN(C(=O)C(=O)N(C)c2ccccc2C(C)(C)C)CC1. The average molecular weight is 374 g/mol. The summed E-state index contributed by atoms with van der Waals surface area (Å²) < 4.78 is 5.05. The number of benzene rings is 1. The van der Waals surface area contributed by atoms with Crippen LogP contribution >= 0.6 is 0 Å². The molecule has 0 atom stereocenters. The minimum atomic E-state index is -0.554. The Hall–Kier alpha value is -2.37. The largest absolute Gasteiger partial charge is 0.466 e. The van der Waals surface area contributed by atoms with Crippen LogP contribution < -0.4 is 4.90 Å². The number of carbonyl (C=O) groups excluding carboxylic acids is 3. The molecule has 1 fully saturated rings. The van der Waals surface area contributed by atoms with Crippen molar-refractivity contribution >= 4 is 23.5 Å². The number of para-hydroxylation sites is 1. The number of carbonyl (C=O) groups is 3. The number of amides is 2. The van der Waals surface area contributed by atoms with Crippen molar-refractivity contribution in [3.05, 3.63) is 29.8 Å². The van der Waals surface area contributed by atoms with Crippen LogP contribution in [-0.4, -0.2) is 49.4 Å². The van der Waals surface area contributed by atoms with E-state index in [9.17, 15) is 14.4 Å². The van der Waals surface area contributed by atoms with Gasteiger partial charge in [0.05, 0.1) is 12.5 Å². The van der Waals surface area contributed by atoms with Crippen LogP contribution in [-0.2, 0) is 24.5 Å². The minimum Gasteiger partial charge on any atom is -0.466 e. The fourth-order valence-corrected chi connectivity index (χ4v) is 3.37. The quantitative estimate of drug-likeness (QED) is 0.603. The van der Waals surface area contributed by atoms with Gasteiger partial charge in [0.2, 0.25) is 0 Å². The molecule has 0 aromatic heterocycles. The summed E-state index contributed by atoms with van der Waals surface area (Å²) in [6, 6.07) is 7.64. The van der Waals surface area contributed by atoms with E-state index in [1.165, 1.54) is 9.80 Å². The molecule has 0 saturated carbocycles. The Morgan fingerprint density at radius 1 is 1.15 bits per heavy atom. The van der Waals surface area contributed by atoms with Gasteiger partial charge in [-0.3, -0.25) is 14.4 Å².